The average molecular weight is 535 g/mol. The van der Waals surface area contributed by atoms with Crippen LogP contribution in [0.1, 0.15) is 117 Å². The van der Waals surface area contributed by atoms with E-state index in [1.807, 2.05) is 6.92 Å². The molecule has 0 saturated carbocycles. The maximum Gasteiger partial charge on any atom is 0.186 e. The standard InChI is InChI=1S/C29H58O8/c1-3-5-6-7-8-9-10-11-12-13-14-15-16-17-18-19-20-34-22-24(35-4-2)23-36-29-28(33)27(32)26(31)25(21-30)37-29/h24-33H,3-23H2,1-2H3/t24?,25-,26+,27+,28-,29-/m1/s1. The lowest BCUT2D eigenvalue weighted by Crippen LogP contribution is -2.59. The highest BCUT2D eigenvalue weighted by atomic mass is 16.7. The molecule has 0 aromatic carbocycles. The lowest BCUT2D eigenvalue weighted by Gasteiger charge is -2.39. The van der Waals surface area contributed by atoms with Gasteiger partial charge in [-0.05, 0) is 13.3 Å². The molecule has 1 fully saturated rings. The van der Waals surface area contributed by atoms with Gasteiger partial charge in [-0.2, -0.15) is 0 Å². The molecule has 0 spiro atoms. The minimum Gasteiger partial charge on any atom is -0.394 e. The lowest BCUT2D eigenvalue weighted by atomic mass is 9.99. The summed E-state index contributed by atoms with van der Waals surface area (Å²) in [5.74, 6) is 0. The van der Waals surface area contributed by atoms with E-state index in [4.69, 9.17) is 18.9 Å². The zero-order valence-corrected chi connectivity index (χ0v) is 23.7. The quantitative estimate of drug-likeness (QED) is 0.127. The van der Waals surface area contributed by atoms with Crippen LogP contribution in [0.15, 0.2) is 0 Å². The van der Waals surface area contributed by atoms with Crippen LogP contribution >= 0.6 is 0 Å². The van der Waals surface area contributed by atoms with Gasteiger partial charge in [0, 0.05) is 13.2 Å². The Labute approximate surface area is 226 Å². The second-order valence-corrected chi connectivity index (χ2v) is 10.5. The fourth-order valence-corrected chi connectivity index (χ4v) is 4.75. The summed E-state index contributed by atoms with van der Waals surface area (Å²) in [4.78, 5) is 0. The van der Waals surface area contributed by atoms with Crippen LogP contribution in [0, 0.1) is 0 Å². The number of ether oxygens (including phenoxy) is 4. The zero-order valence-electron chi connectivity index (χ0n) is 23.7. The number of unbranched alkanes of at least 4 members (excludes halogenated alkanes) is 15. The zero-order chi connectivity index (χ0) is 27.1. The van der Waals surface area contributed by atoms with Gasteiger partial charge in [0.05, 0.1) is 19.8 Å². The number of hydrogen-bond donors (Lipinski definition) is 4. The van der Waals surface area contributed by atoms with Crippen LogP contribution in [-0.2, 0) is 18.9 Å². The Kier molecular flexibility index (Phi) is 22.1. The molecule has 0 amide bonds. The van der Waals surface area contributed by atoms with Gasteiger partial charge in [0.25, 0.3) is 0 Å². The molecule has 8 nitrogen and oxygen atoms in total. The molecule has 0 aromatic heterocycles. The molecule has 1 rings (SSSR count). The maximum atomic E-state index is 10.1. The van der Waals surface area contributed by atoms with Crippen molar-refractivity contribution in [3.63, 3.8) is 0 Å². The molecule has 37 heavy (non-hydrogen) atoms. The van der Waals surface area contributed by atoms with Gasteiger partial charge in [-0.1, -0.05) is 103 Å². The minimum atomic E-state index is -1.45. The summed E-state index contributed by atoms with van der Waals surface area (Å²) in [5.41, 5.74) is 0. The molecule has 1 heterocycles. The van der Waals surface area contributed by atoms with Crippen LogP contribution < -0.4 is 0 Å². The van der Waals surface area contributed by atoms with Crippen molar-refractivity contribution in [2.75, 3.05) is 33.0 Å². The summed E-state index contributed by atoms with van der Waals surface area (Å²) in [5, 5.41) is 39.1. The van der Waals surface area contributed by atoms with Crippen molar-refractivity contribution in [1.29, 1.82) is 0 Å². The summed E-state index contributed by atoms with van der Waals surface area (Å²) >= 11 is 0. The second kappa shape index (κ2) is 23.6. The summed E-state index contributed by atoms with van der Waals surface area (Å²) in [6.07, 6.45) is 14.7. The first kappa shape index (κ1) is 34.7. The van der Waals surface area contributed by atoms with Crippen LogP contribution in [0.25, 0.3) is 0 Å². The van der Waals surface area contributed by atoms with Crippen LogP contribution in [0.2, 0.25) is 0 Å². The van der Waals surface area contributed by atoms with Gasteiger partial charge in [-0.15, -0.1) is 0 Å². The molecule has 1 aliphatic heterocycles. The van der Waals surface area contributed by atoms with Crippen LogP contribution in [0.4, 0.5) is 0 Å². The van der Waals surface area contributed by atoms with E-state index in [0.717, 1.165) is 6.42 Å². The highest BCUT2D eigenvalue weighted by molar-refractivity contribution is 4.89. The van der Waals surface area contributed by atoms with Crippen molar-refractivity contribution in [1.82, 2.24) is 0 Å². The molecule has 0 aliphatic carbocycles. The first-order chi connectivity index (χ1) is 18.0. The molecule has 1 aliphatic rings. The molecule has 1 saturated heterocycles. The maximum absolute atomic E-state index is 10.1. The van der Waals surface area contributed by atoms with Gasteiger partial charge in [0.1, 0.15) is 30.5 Å². The third kappa shape index (κ3) is 16.4. The van der Waals surface area contributed by atoms with E-state index >= 15 is 0 Å². The third-order valence-corrected chi connectivity index (χ3v) is 7.14. The average Bonchev–Trinajstić information content (AvgIpc) is 2.90. The van der Waals surface area contributed by atoms with E-state index < -0.39 is 37.3 Å². The van der Waals surface area contributed by atoms with Crippen molar-refractivity contribution in [2.24, 2.45) is 0 Å². The van der Waals surface area contributed by atoms with E-state index in [9.17, 15) is 20.4 Å². The first-order valence-corrected chi connectivity index (χ1v) is 15.2. The molecular weight excluding hydrogens is 476 g/mol. The molecule has 6 atom stereocenters. The fourth-order valence-electron chi connectivity index (χ4n) is 4.75. The van der Waals surface area contributed by atoms with E-state index in [2.05, 4.69) is 6.92 Å². The van der Waals surface area contributed by atoms with Crippen molar-refractivity contribution in [2.45, 2.75) is 153 Å². The molecule has 222 valence electrons. The van der Waals surface area contributed by atoms with Gasteiger partial charge in [-0.3, -0.25) is 0 Å². The Hall–Kier alpha value is -0.320. The molecular formula is C29H58O8. The monoisotopic (exact) mass is 534 g/mol. The van der Waals surface area contributed by atoms with E-state index in [1.54, 1.807) is 0 Å². The smallest absolute Gasteiger partial charge is 0.186 e. The lowest BCUT2D eigenvalue weighted by molar-refractivity contribution is -0.305. The van der Waals surface area contributed by atoms with Crippen molar-refractivity contribution in [3.05, 3.63) is 0 Å². The Morgan fingerprint density at radius 2 is 1.16 bits per heavy atom. The molecule has 4 N–H and O–H groups in total. The molecule has 0 radical (unpaired) electrons. The number of aliphatic hydroxyl groups is 4. The minimum absolute atomic E-state index is 0.107. The first-order valence-electron chi connectivity index (χ1n) is 15.2. The highest BCUT2D eigenvalue weighted by Crippen LogP contribution is 2.22. The Morgan fingerprint density at radius 1 is 0.649 bits per heavy atom. The number of rotatable bonds is 25. The van der Waals surface area contributed by atoms with Gasteiger partial charge < -0.3 is 39.4 Å². The summed E-state index contributed by atoms with van der Waals surface area (Å²) in [7, 11) is 0. The Bertz CT molecular complexity index is 493. The molecule has 0 aromatic rings. The van der Waals surface area contributed by atoms with Gasteiger partial charge in [-0.25, -0.2) is 0 Å². The van der Waals surface area contributed by atoms with Crippen LogP contribution in [-0.4, -0.2) is 90.3 Å². The fraction of sp³-hybridized carbons (Fsp3) is 1.00. The number of aliphatic hydroxyl groups excluding tert-OH is 4. The van der Waals surface area contributed by atoms with Gasteiger partial charge in [0.15, 0.2) is 6.29 Å². The summed E-state index contributed by atoms with van der Waals surface area (Å²) < 4.78 is 22.4. The largest absolute Gasteiger partial charge is 0.394 e. The third-order valence-electron chi connectivity index (χ3n) is 7.14. The van der Waals surface area contributed by atoms with E-state index in [1.165, 1.54) is 96.3 Å². The van der Waals surface area contributed by atoms with Crippen LogP contribution in [0.3, 0.4) is 0 Å². The molecule has 1 unspecified atom stereocenters. The summed E-state index contributed by atoms with van der Waals surface area (Å²) in [6, 6.07) is 0. The van der Waals surface area contributed by atoms with Crippen molar-refractivity contribution < 1.29 is 39.4 Å². The normalized spacial score (nSPS) is 25.0. The molecule has 8 heteroatoms. The van der Waals surface area contributed by atoms with E-state index in [0.29, 0.717) is 19.8 Å². The van der Waals surface area contributed by atoms with Gasteiger partial charge >= 0.3 is 0 Å². The Balaban J connectivity index is 1.98. The topological polar surface area (TPSA) is 118 Å². The second-order valence-electron chi connectivity index (χ2n) is 10.5. The van der Waals surface area contributed by atoms with Crippen LogP contribution in [0.5, 0.6) is 0 Å². The van der Waals surface area contributed by atoms with E-state index in [-0.39, 0.29) is 12.7 Å². The molecule has 0 bridgehead atoms. The SMILES string of the molecule is CCCCCCCCCCCCCCCCCCOCC(CO[C@@H]1O[C@H](CO)[C@H](O)[C@H](O)[C@H]1O)OCC. The van der Waals surface area contributed by atoms with Gasteiger partial charge in [0.2, 0.25) is 0 Å². The predicted octanol–water partition coefficient (Wildman–Crippen LogP) is 4.49. The highest BCUT2D eigenvalue weighted by Gasteiger charge is 2.44. The van der Waals surface area contributed by atoms with Crippen molar-refractivity contribution >= 4 is 0 Å². The Morgan fingerprint density at radius 3 is 1.65 bits per heavy atom. The predicted molar refractivity (Wildman–Crippen MR) is 145 cm³/mol. The summed E-state index contributed by atoms with van der Waals surface area (Å²) in [6.45, 7) is 5.30. The number of hydrogen-bond acceptors (Lipinski definition) is 8. The van der Waals surface area contributed by atoms with Crippen molar-refractivity contribution in [3.8, 4) is 0 Å².